The van der Waals surface area contributed by atoms with Crippen LogP contribution < -0.4 is 0 Å². The van der Waals surface area contributed by atoms with Gasteiger partial charge in [0.2, 0.25) is 0 Å². The van der Waals surface area contributed by atoms with Crippen LogP contribution in [0.3, 0.4) is 0 Å². The number of carbonyl (C=O) groups is 1. The molecule has 0 spiro atoms. The van der Waals surface area contributed by atoms with E-state index in [-0.39, 0.29) is 5.97 Å². The number of ether oxygens (including phenoxy) is 1. The number of benzene rings is 1. The number of allylic oxidation sites excluding steroid dienone is 1. The van der Waals surface area contributed by atoms with E-state index in [1.165, 1.54) is 7.11 Å². The molecule has 1 rings (SSSR count). The van der Waals surface area contributed by atoms with Crippen molar-refractivity contribution in [1.82, 2.24) is 0 Å². The average molecular weight is 176 g/mol. The van der Waals surface area contributed by atoms with E-state index < -0.39 is 0 Å². The van der Waals surface area contributed by atoms with Gasteiger partial charge >= 0.3 is 5.97 Å². The lowest BCUT2D eigenvalue weighted by atomic mass is 10.1. The van der Waals surface area contributed by atoms with Gasteiger partial charge in [-0.25, -0.2) is 4.79 Å². The lowest BCUT2D eigenvalue weighted by molar-refractivity contribution is 0.0600. The number of rotatable bonds is 2. The van der Waals surface area contributed by atoms with Crippen molar-refractivity contribution >= 4 is 12.0 Å². The Morgan fingerprint density at radius 3 is 2.85 bits per heavy atom. The Kier molecular flexibility index (Phi) is 3.26. The summed E-state index contributed by atoms with van der Waals surface area (Å²) in [7, 11) is 1.38. The molecule has 0 radical (unpaired) electrons. The summed E-state index contributed by atoms with van der Waals surface area (Å²) in [6.07, 6.45) is 3.86. The maximum Gasteiger partial charge on any atom is 0.337 e. The monoisotopic (exact) mass is 176 g/mol. The fourth-order valence-electron chi connectivity index (χ4n) is 1.08. The van der Waals surface area contributed by atoms with E-state index >= 15 is 0 Å². The molecular formula is C11H12O2. The van der Waals surface area contributed by atoms with Crippen molar-refractivity contribution in [2.24, 2.45) is 0 Å². The number of esters is 1. The largest absolute Gasteiger partial charge is 0.465 e. The second-order valence-corrected chi connectivity index (χ2v) is 2.62. The fraction of sp³-hybridized carbons (Fsp3) is 0.182. The van der Waals surface area contributed by atoms with Gasteiger partial charge in [-0.05, 0) is 24.6 Å². The van der Waals surface area contributed by atoms with Crippen molar-refractivity contribution in [3.05, 3.63) is 41.5 Å². The third kappa shape index (κ3) is 2.44. The van der Waals surface area contributed by atoms with Gasteiger partial charge in [0.1, 0.15) is 0 Å². The molecule has 0 fully saturated rings. The third-order valence-corrected chi connectivity index (χ3v) is 1.67. The molecule has 68 valence electrons. The van der Waals surface area contributed by atoms with Crippen molar-refractivity contribution in [1.29, 1.82) is 0 Å². The smallest absolute Gasteiger partial charge is 0.337 e. The molecule has 0 saturated carbocycles. The Hall–Kier alpha value is -1.57. The molecule has 0 amide bonds. The zero-order chi connectivity index (χ0) is 9.68. The van der Waals surface area contributed by atoms with Crippen LogP contribution in [0.5, 0.6) is 0 Å². The molecule has 1 aromatic rings. The van der Waals surface area contributed by atoms with Gasteiger partial charge < -0.3 is 4.74 Å². The highest BCUT2D eigenvalue weighted by Crippen LogP contribution is 2.07. The number of methoxy groups -OCH3 is 1. The van der Waals surface area contributed by atoms with Gasteiger partial charge in [-0.1, -0.05) is 24.3 Å². The Morgan fingerprint density at radius 2 is 2.23 bits per heavy atom. The van der Waals surface area contributed by atoms with E-state index in [1.807, 2.05) is 31.2 Å². The molecule has 0 N–H and O–H groups in total. The van der Waals surface area contributed by atoms with Gasteiger partial charge in [0.05, 0.1) is 12.7 Å². The molecule has 13 heavy (non-hydrogen) atoms. The van der Waals surface area contributed by atoms with Crippen LogP contribution >= 0.6 is 0 Å². The molecule has 2 heteroatoms. The molecule has 0 unspecified atom stereocenters. The molecule has 0 saturated heterocycles. The molecule has 0 heterocycles. The van der Waals surface area contributed by atoms with E-state index in [0.717, 1.165) is 5.56 Å². The summed E-state index contributed by atoms with van der Waals surface area (Å²) in [5.41, 5.74) is 1.59. The van der Waals surface area contributed by atoms with Crippen LogP contribution in [0.1, 0.15) is 22.8 Å². The highest BCUT2D eigenvalue weighted by Gasteiger charge is 2.03. The van der Waals surface area contributed by atoms with Crippen molar-refractivity contribution in [2.75, 3.05) is 7.11 Å². The first-order valence-electron chi connectivity index (χ1n) is 4.09. The minimum atomic E-state index is -0.300. The predicted molar refractivity (Wildman–Crippen MR) is 52.5 cm³/mol. The van der Waals surface area contributed by atoms with Gasteiger partial charge in [-0.3, -0.25) is 0 Å². The van der Waals surface area contributed by atoms with Crippen molar-refractivity contribution < 1.29 is 9.53 Å². The Labute approximate surface area is 77.8 Å². The van der Waals surface area contributed by atoms with Crippen LogP contribution in [0.2, 0.25) is 0 Å². The van der Waals surface area contributed by atoms with Crippen LogP contribution in [0, 0.1) is 0 Å². The average Bonchev–Trinajstić information content (AvgIpc) is 2.18. The molecule has 0 aliphatic heterocycles. The summed E-state index contributed by atoms with van der Waals surface area (Å²) in [5, 5.41) is 0. The molecule has 0 atom stereocenters. The van der Waals surface area contributed by atoms with E-state index in [9.17, 15) is 4.79 Å². The van der Waals surface area contributed by atoms with Crippen LogP contribution in [0.25, 0.3) is 6.08 Å². The summed E-state index contributed by atoms with van der Waals surface area (Å²) in [6.45, 7) is 1.94. The fourth-order valence-corrected chi connectivity index (χ4v) is 1.08. The molecular weight excluding hydrogens is 164 g/mol. The van der Waals surface area contributed by atoms with Crippen molar-refractivity contribution in [2.45, 2.75) is 6.92 Å². The summed E-state index contributed by atoms with van der Waals surface area (Å²) in [5.74, 6) is -0.300. The van der Waals surface area contributed by atoms with E-state index in [0.29, 0.717) is 5.56 Å². The predicted octanol–water partition coefficient (Wildman–Crippen LogP) is 2.51. The summed E-state index contributed by atoms with van der Waals surface area (Å²) < 4.78 is 4.61. The first-order chi connectivity index (χ1) is 6.27. The molecule has 0 bridgehead atoms. The molecule has 2 nitrogen and oxygen atoms in total. The van der Waals surface area contributed by atoms with Crippen molar-refractivity contribution in [3.63, 3.8) is 0 Å². The highest BCUT2D eigenvalue weighted by atomic mass is 16.5. The second kappa shape index (κ2) is 4.45. The summed E-state index contributed by atoms with van der Waals surface area (Å²) >= 11 is 0. The van der Waals surface area contributed by atoms with Gasteiger partial charge in [0.25, 0.3) is 0 Å². The minimum absolute atomic E-state index is 0.300. The topological polar surface area (TPSA) is 26.3 Å². The maximum absolute atomic E-state index is 11.1. The second-order valence-electron chi connectivity index (χ2n) is 2.62. The number of hydrogen-bond donors (Lipinski definition) is 0. The maximum atomic E-state index is 11.1. The van der Waals surface area contributed by atoms with Crippen molar-refractivity contribution in [3.8, 4) is 0 Å². The SMILES string of the molecule is C/C=C\c1cccc(C(=O)OC)c1. The lowest BCUT2D eigenvalue weighted by Gasteiger charge is -1.99. The van der Waals surface area contributed by atoms with Gasteiger partial charge in [0.15, 0.2) is 0 Å². The standard InChI is InChI=1S/C11H12O2/c1-3-5-9-6-4-7-10(8-9)11(12)13-2/h3-8H,1-2H3/b5-3-. The first kappa shape index (κ1) is 9.52. The van der Waals surface area contributed by atoms with Crippen LogP contribution in [0.15, 0.2) is 30.3 Å². The Balaban J connectivity index is 2.98. The van der Waals surface area contributed by atoms with Gasteiger partial charge in [0, 0.05) is 0 Å². The molecule has 0 aliphatic carbocycles. The van der Waals surface area contributed by atoms with Crippen LogP contribution in [-0.2, 0) is 4.74 Å². The van der Waals surface area contributed by atoms with E-state index in [4.69, 9.17) is 0 Å². The van der Waals surface area contributed by atoms with Gasteiger partial charge in [-0.2, -0.15) is 0 Å². The summed E-state index contributed by atoms with van der Waals surface area (Å²) in [4.78, 5) is 11.1. The van der Waals surface area contributed by atoms with E-state index in [1.54, 1.807) is 12.1 Å². The molecule has 1 aromatic carbocycles. The highest BCUT2D eigenvalue weighted by molar-refractivity contribution is 5.89. The van der Waals surface area contributed by atoms with E-state index in [2.05, 4.69) is 4.74 Å². The molecule has 0 aromatic heterocycles. The quantitative estimate of drug-likeness (QED) is 0.647. The Bertz CT molecular complexity index is 327. The van der Waals surface area contributed by atoms with Gasteiger partial charge in [-0.15, -0.1) is 0 Å². The van der Waals surface area contributed by atoms with Crippen LogP contribution in [0.4, 0.5) is 0 Å². The molecule has 0 aliphatic rings. The zero-order valence-corrected chi connectivity index (χ0v) is 7.78. The first-order valence-corrected chi connectivity index (χ1v) is 4.09. The minimum Gasteiger partial charge on any atom is -0.465 e. The summed E-state index contributed by atoms with van der Waals surface area (Å²) in [6, 6.07) is 7.30. The number of hydrogen-bond acceptors (Lipinski definition) is 2. The normalized spacial score (nSPS) is 10.3. The van der Waals surface area contributed by atoms with Crippen LogP contribution in [-0.4, -0.2) is 13.1 Å². The third-order valence-electron chi connectivity index (χ3n) is 1.67. The number of carbonyl (C=O) groups excluding carboxylic acids is 1. The zero-order valence-electron chi connectivity index (χ0n) is 7.78. The Morgan fingerprint density at radius 1 is 1.46 bits per heavy atom. The lowest BCUT2D eigenvalue weighted by Crippen LogP contribution is -2.00.